The van der Waals surface area contributed by atoms with Crippen LogP contribution in [0.4, 0.5) is 0 Å². The summed E-state index contributed by atoms with van der Waals surface area (Å²) < 4.78 is 10.7. The maximum atomic E-state index is 11.0. The Bertz CT molecular complexity index is 362. The van der Waals surface area contributed by atoms with Gasteiger partial charge in [-0.05, 0) is 23.1 Å². The van der Waals surface area contributed by atoms with Crippen LogP contribution in [-0.4, -0.2) is 20.0 Å². The van der Waals surface area contributed by atoms with Gasteiger partial charge in [-0.3, -0.25) is 0 Å². The summed E-state index contributed by atoms with van der Waals surface area (Å²) in [6, 6.07) is 7.73. The zero-order valence-electron chi connectivity index (χ0n) is 11.6. The van der Waals surface area contributed by atoms with Gasteiger partial charge < -0.3 is 14.3 Å². The molecule has 0 aliphatic rings. The van der Waals surface area contributed by atoms with Crippen LogP contribution in [0, 0.1) is 11.3 Å². The van der Waals surface area contributed by atoms with Gasteiger partial charge in [0.25, 0.3) is 0 Å². The van der Waals surface area contributed by atoms with E-state index in [1.165, 1.54) is 0 Å². The van der Waals surface area contributed by atoms with Gasteiger partial charge in [-0.2, -0.15) is 0 Å². The van der Waals surface area contributed by atoms with Crippen LogP contribution in [0.2, 0.25) is 0 Å². The van der Waals surface area contributed by atoms with Gasteiger partial charge in [-0.15, -0.1) is 0 Å². The summed E-state index contributed by atoms with van der Waals surface area (Å²) >= 11 is 0. The van der Waals surface area contributed by atoms with Gasteiger partial charge in [-0.25, -0.2) is 0 Å². The van der Waals surface area contributed by atoms with E-state index in [-0.39, 0.29) is 11.3 Å². The molecule has 1 aromatic rings. The van der Waals surface area contributed by atoms with E-state index in [4.69, 9.17) is 9.47 Å². The lowest BCUT2D eigenvalue weighted by Gasteiger charge is -2.25. The van der Waals surface area contributed by atoms with Crippen molar-refractivity contribution in [2.75, 3.05) is 13.7 Å². The van der Waals surface area contributed by atoms with Crippen LogP contribution < -0.4 is 4.74 Å². The summed E-state index contributed by atoms with van der Waals surface area (Å²) in [6.45, 7) is 7.11. The van der Waals surface area contributed by atoms with E-state index in [9.17, 15) is 4.79 Å². The Balaban J connectivity index is 2.43. The molecule has 0 spiro atoms. The highest BCUT2D eigenvalue weighted by Crippen LogP contribution is 2.24. The van der Waals surface area contributed by atoms with Crippen molar-refractivity contribution in [2.45, 2.75) is 27.4 Å². The van der Waals surface area contributed by atoms with E-state index < -0.39 is 0 Å². The molecule has 0 fully saturated rings. The van der Waals surface area contributed by atoms with E-state index in [1.807, 2.05) is 45.0 Å². The van der Waals surface area contributed by atoms with Gasteiger partial charge in [0.2, 0.25) is 0 Å². The highest BCUT2D eigenvalue weighted by atomic mass is 16.5. The fourth-order valence-electron chi connectivity index (χ4n) is 1.52. The maximum Gasteiger partial charge on any atom is 0.125 e. The molecule has 0 aromatic heterocycles. The minimum absolute atomic E-state index is 0.0539. The second-order valence-corrected chi connectivity index (χ2v) is 5.47. The molecule has 3 nitrogen and oxygen atoms in total. The molecule has 0 bridgehead atoms. The van der Waals surface area contributed by atoms with Crippen molar-refractivity contribution in [1.29, 1.82) is 0 Å². The molecule has 18 heavy (non-hydrogen) atoms. The van der Waals surface area contributed by atoms with Crippen LogP contribution in [0.5, 0.6) is 5.75 Å². The van der Waals surface area contributed by atoms with Crippen LogP contribution in [0.25, 0.3) is 0 Å². The predicted octanol–water partition coefficient (Wildman–Crippen LogP) is 3.07. The molecule has 100 valence electrons. The first-order valence-electron chi connectivity index (χ1n) is 6.13. The molecular weight excluding hydrogens is 228 g/mol. The molecule has 0 radical (unpaired) electrons. The Morgan fingerprint density at radius 3 is 2.28 bits per heavy atom. The zero-order chi connectivity index (χ0) is 13.6. The molecular formula is C15H22O3. The summed E-state index contributed by atoms with van der Waals surface area (Å²) in [6.07, 6.45) is 0.980. The third kappa shape index (κ3) is 4.49. The lowest BCUT2D eigenvalue weighted by molar-refractivity contribution is -0.116. The lowest BCUT2D eigenvalue weighted by atomic mass is 9.82. The van der Waals surface area contributed by atoms with Crippen molar-refractivity contribution in [3.05, 3.63) is 29.8 Å². The maximum absolute atomic E-state index is 11.0. The predicted molar refractivity (Wildman–Crippen MR) is 71.7 cm³/mol. The monoisotopic (exact) mass is 250 g/mol. The van der Waals surface area contributed by atoms with Crippen molar-refractivity contribution in [2.24, 2.45) is 11.3 Å². The molecule has 1 unspecified atom stereocenters. The van der Waals surface area contributed by atoms with E-state index in [2.05, 4.69) is 0 Å². The molecule has 0 saturated heterocycles. The van der Waals surface area contributed by atoms with Gasteiger partial charge in [0.1, 0.15) is 12.0 Å². The summed E-state index contributed by atoms with van der Waals surface area (Å²) in [5, 5.41) is 0. The molecule has 0 saturated carbocycles. The SMILES string of the molecule is COc1ccc(COCC(C=O)C(C)(C)C)cc1. The number of hydrogen-bond donors (Lipinski definition) is 0. The number of ether oxygens (including phenoxy) is 2. The Hall–Kier alpha value is -1.35. The fourth-order valence-corrected chi connectivity index (χ4v) is 1.52. The van der Waals surface area contributed by atoms with Crippen molar-refractivity contribution >= 4 is 6.29 Å². The Morgan fingerprint density at radius 1 is 1.22 bits per heavy atom. The largest absolute Gasteiger partial charge is 0.497 e. The Labute approximate surface area is 109 Å². The molecule has 1 atom stereocenters. The van der Waals surface area contributed by atoms with Gasteiger partial charge in [0.15, 0.2) is 0 Å². The molecule has 1 aromatic carbocycles. The third-order valence-corrected chi connectivity index (χ3v) is 3.00. The third-order valence-electron chi connectivity index (χ3n) is 3.00. The first-order chi connectivity index (χ1) is 8.47. The van der Waals surface area contributed by atoms with Crippen molar-refractivity contribution in [1.82, 2.24) is 0 Å². The average molecular weight is 250 g/mol. The summed E-state index contributed by atoms with van der Waals surface area (Å²) in [5.74, 6) is 0.759. The number of rotatable bonds is 6. The van der Waals surface area contributed by atoms with E-state index in [1.54, 1.807) is 7.11 Å². The van der Waals surface area contributed by atoms with Crippen LogP contribution in [0.1, 0.15) is 26.3 Å². The van der Waals surface area contributed by atoms with Crippen LogP contribution in [0.3, 0.4) is 0 Å². The van der Waals surface area contributed by atoms with E-state index in [0.29, 0.717) is 13.2 Å². The van der Waals surface area contributed by atoms with Crippen LogP contribution >= 0.6 is 0 Å². The number of methoxy groups -OCH3 is 1. The first-order valence-corrected chi connectivity index (χ1v) is 6.13. The fraction of sp³-hybridized carbons (Fsp3) is 0.533. The van der Waals surface area contributed by atoms with Gasteiger partial charge >= 0.3 is 0 Å². The van der Waals surface area contributed by atoms with E-state index in [0.717, 1.165) is 17.6 Å². The highest BCUT2D eigenvalue weighted by molar-refractivity contribution is 5.54. The lowest BCUT2D eigenvalue weighted by Crippen LogP contribution is -2.26. The number of aldehydes is 1. The summed E-state index contributed by atoms with van der Waals surface area (Å²) in [5.41, 5.74) is 1.02. The number of carbonyl (C=O) groups is 1. The van der Waals surface area contributed by atoms with E-state index >= 15 is 0 Å². The molecule has 0 amide bonds. The van der Waals surface area contributed by atoms with Crippen molar-refractivity contribution in [3.8, 4) is 5.75 Å². The minimum atomic E-state index is -0.0734. The summed E-state index contributed by atoms with van der Waals surface area (Å²) in [4.78, 5) is 11.0. The first kappa shape index (κ1) is 14.7. The van der Waals surface area contributed by atoms with Crippen molar-refractivity contribution in [3.63, 3.8) is 0 Å². The molecule has 0 N–H and O–H groups in total. The van der Waals surface area contributed by atoms with Gasteiger partial charge in [-0.1, -0.05) is 32.9 Å². The smallest absolute Gasteiger partial charge is 0.125 e. The molecule has 3 heteroatoms. The van der Waals surface area contributed by atoms with Crippen LogP contribution in [0.15, 0.2) is 24.3 Å². The quantitative estimate of drug-likeness (QED) is 0.728. The normalized spacial score (nSPS) is 13.1. The molecule has 0 heterocycles. The minimum Gasteiger partial charge on any atom is -0.497 e. The zero-order valence-corrected chi connectivity index (χ0v) is 11.6. The average Bonchev–Trinajstić information content (AvgIpc) is 2.34. The highest BCUT2D eigenvalue weighted by Gasteiger charge is 2.24. The standard InChI is InChI=1S/C15H22O3/c1-15(2,3)13(9-16)11-18-10-12-5-7-14(17-4)8-6-12/h5-9,13H,10-11H2,1-4H3. The van der Waals surface area contributed by atoms with Gasteiger partial charge in [0.05, 0.1) is 20.3 Å². The molecule has 1 rings (SSSR count). The summed E-state index contributed by atoms with van der Waals surface area (Å²) in [7, 11) is 1.64. The topological polar surface area (TPSA) is 35.5 Å². The van der Waals surface area contributed by atoms with Crippen LogP contribution in [-0.2, 0) is 16.1 Å². The molecule has 0 aliphatic heterocycles. The van der Waals surface area contributed by atoms with Crippen molar-refractivity contribution < 1.29 is 14.3 Å². The Morgan fingerprint density at radius 2 is 1.83 bits per heavy atom. The second-order valence-electron chi connectivity index (χ2n) is 5.47. The number of benzene rings is 1. The molecule has 0 aliphatic carbocycles. The second kappa shape index (κ2) is 6.55. The Kier molecular flexibility index (Phi) is 5.35. The van der Waals surface area contributed by atoms with Gasteiger partial charge in [0, 0.05) is 5.92 Å². The number of hydrogen-bond acceptors (Lipinski definition) is 3. The number of carbonyl (C=O) groups excluding carboxylic acids is 1.